The van der Waals surface area contributed by atoms with Gasteiger partial charge in [0.1, 0.15) is 0 Å². The van der Waals surface area contributed by atoms with E-state index in [9.17, 15) is 9.59 Å². The molecule has 0 atom stereocenters. The fraction of sp³-hybridized carbons (Fsp3) is 0.208. The lowest BCUT2D eigenvalue weighted by Gasteiger charge is -2.05. The first-order valence-corrected chi connectivity index (χ1v) is 9.80. The zero-order valence-corrected chi connectivity index (χ0v) is 17.1. The van der Waals surface area contributed by atoms with Crippen LogP contribution >= 0.6 is 0 Å². The molecular formula is C24H24N2O4. The number of benzene rings is 2. The summed E-state index contributed by atoms with van der Waals surface area (Å²) in [5.41, 5.74) is 3.66. The highest BCUT2D eigenvalue weighted by Crippen LogP contribution is 2.21. The second kappa shape index (κ2) is 10.2. The highest BCUT2D eigenvalue weighted by atomic mass is 16.5. The monoisotopic (exact) mass is 404 g/mol. The van der Waals surface area contributed by atoms with Crippen LogP contribution in [0.1, 0.15) is 30.4 Å². The van der Waals surface area contributed by atoms with Gasteiger partial charge in [0, 0.05) is 30.2 Å². The Morgan fingerprint density at radius 1 is 1.10 bits per heavy atom. The quantitative estimate of drug-likeness (QED) is 0.431. The normalized spacial score (nSPS) is 10.9. The molecule has 1 aromatic heterocycles. The standard InChI is InChI=1S/C24H24N2O4/c1-3-29-24(28)15-8-18-6-11-20(12-7-18)26-22(27)13-14-23-25-16-21(30-23)19-9-4-17(2)5-10-19/h4-12,15-16H,3,13-14H2,1-2H3,(H,26,27)/b15-8+. The van der Waals surface area contributed by atoms with Gasteiger partial charge in [0.15, 0.2) is 11.7 Å². The molecule has 1 heterocycles. The summed E-state index contributed by atoms with van der Waals surface area (Å²) in [6, 6.07) is 15.2. The largest absolute Gasteiger partial charge is 0.463 e. The third-order valence-corrected chi connectivity index (χ3v) is 4.35. The van der Waals surface area contributed by atoms with Gasteiger partial charge in [-0.3, -0.25) is 4.79 Å². The number of hydrogen-bond donors (Lipinski definition) is 1. The van der Waals surface area contributed by atoms with Crippen molar-refractivity contribution in [2.45, 2.75) is 26.7 Å². The first kappa shape index (κ1) is 21.0. The molecule has 0 bridgehead atoms. The lowest BCUT2D eigenvalue weighted by Crippen LogP contribution is -2.12. The summed E-state index contributed by atoms with van der Waals surface area (Å²) in [7, 11) is 0. The lowest BCUT2D eigenvalue weighted by atomic mass is 10.1. The lowest BCUT2D eigenvalue weighted by molar-refractivity contribution is -0.137. The van der Waals surface area contributed by atoms with Crippen LogP contribution in [0.2, 0.25) is 0 Å². The number of oxazole rings is 1. The molecule has 0 radical (unpaired) electrons. The van der Waals surface area contributed by atoms with Crippen LogP contribution in [0.4, 0.5) is 5.69 Å². The van der Waals surface area contributed by atoms with Crippen molar-refractivity contribution >= 4 is 23.6 Å². The number of amides is 1. The molecule has 0 unspecified atom stereocenters. The molecule has 0 aliphatic rings. The fourth-order valence-corrected chi connectivity index (χ4v) is 2.75. The summed E-state index contributed by atoms with van der Waals surface area (Å²) in [6.45, 7) is 4.13. The molecule has 0 saturated heterocycles. The molecule has 6 nitrogen and oxygen atoms in total. The van der Waals surface area contributed by atoms with E-state index in [0.717, 1.165) is 11.1 Å². The van der Waals surface area contributed by atoms with Crippen LogP contribution in [0, 0.1) is 6.92 Å². The number of carbonyl (C=O) groups excluding carboxylic acids is 2. The number of esters is 1. The average molecular weight is 404 g/mol. The second-order valence-electron chi connectivity index (χ2n) is 6.74. The number of anilines is 1. The molecule has 1 amide bonds. The summed E-state index contributed by atoms with van der Waals surface area (Å²) in [5.74, 6) is 0.712. The van der Waals surface area contributed by atoms with Gasteiger partial charge in [-0.1, -0.05) is 42.0 Å². The van der Waals surface area contributed by atoms with E-state index in [0.29, 0.717) is 30.4 Å². The van der Waals surface area contributed by atoms with E-state index < -0.39 is 0 Å². The van der Waals surface area contributed by atoms with Crippen molar-refractivity contribution in [1.82, 2.24) is 4.98 Å². The number of nitrogens with zero attached hydrogens (tertiary/aromatic N) is 1. The zero-order valence-electron chi connectivity index (χ0n) is 17.1. The van der Waals surface area contributed by atoms with Crippen LogP contribution < -0.4 is 5.32 Å². The van der Waals surface area contributed by atoms with E-state index >= 15 is 0 Å². The molecule has 6 heteroatoms. The highest BCUT2D eigenvalue weighted by Gasteiger charge is 2.09. The Morgan fingerprint density at radius 2 is 1.83 bits per heavy atom. The van der Waals surface area contributed by atoms with E-state index in [-0.39, 0.29) is 18.3 Å². The first-order valence-electron chi connectivity index (χ1n) is 9.80. The Bertz CT molecular complexity index is 1020. The number of aryl methyl sites for hydroxylation is 2. The van der Waals surface area contributed by atoms with Gasteiger partial charge in [-0.2, -0.15) is 0 Å². The molecule has 0 aliphatic heterocycles. The molecule has 1 N–H and O–H groups in total. The average Bonchev–Trinajstić information content (AvgIpc) is 3.22. The van der Waals surface area contributed by atoms with Gasteiger partial charge in [-0.25, -0.2) is 9.78 Å². The van der Waals surface area contributed by atoms with E-state index in [4.69, 9.17) is 9.15 Å². The van der Waals surface area contributed by atoms with Gasteiger partial charge < -0.3 is 14.5 Å². The molecule has 0 aliphatic carbocycles. The Labute approximate surface area is 175 Å². The van der Waals surface area contributed by atoms with Gasteiger partial charge in [0.05, 0.1) is 12.8 Å². The molecule has 0 fully saturated rings. The second-order valence-corrected chi connectivity index (χ2v) is 6.74. The van der Waals surface area contributed by atoms with Crippen LogP contribution in [0.3, 0.4) is 0 Å². The molecule has 3 rings (SSSR count). The van der Waals surface area contributed by atoms with E-state index in [1.54, 1.807) is 31.3 Å². The van der Waals surface area contributed by atoms with Crippen LogP contribution in [-0.2, 0) is 20.7 Å². The number of nitrogens with one attached hydrogen (secondary N) is 1. The van der Waals surface area contributed by atoms with Crippen molar-refractivity contribution in [3.05, 3.63) is 77.8 Å². The minimum atomic E-state index is -0.382. The predicted molar refractivity (Wildman–Crippen MR) is 116 cm³/mol. The number of hydrogen-bond acceptors (Lipinski definition) is 5. The molecule has 0 saturated carbocycles. The Balaban J connectivity index is 1.49. The van der Waals surface area contributed by atoms with E-state index in [1.807, 2.05) is 43.3 Å². The molecule has 30 heavy (non-hydrogen) atoms. The predicted octanol–water partition coefficient (Wildman–Crippen LogP) is 4.80. The molecule has 3 aromatic rings. The minimum Gasteiger partial charge on any atom is -0.463 e. The fourth-order valence-electron chi connectivity index (χ4n) is 2.75. The topological polar surface area (TPSA) is 81.4 Å². The Kier molecular flexibility index (Phi) is 7.16. The number of aromatic nitrogens is 1. The molecule has 154 valence electrons. The van der Waals surface area contributed by atoms with Crippen molar-refractivity contribution in [1.29, 1.82) is 0 Å². The smallest absolute Gasteiger partial charge is 0.330 e. The SMILES string of the molecule is CCOC(=O)/C=C/c1ccc(NC(=O)CCc2ncc(-c3ccc(C)cc3)o2)cc1. The summed E-state index contributed by atoms with van der Waals surface area (Å²) in [4.78, 5) is 27.8. The van der Waals surface area contributed by atoms with Crippen molar-refractivity contribution in [3.63, 3.8) is 0 Å². The van der Waals surface area contributed by atoms with Crippen molar-refractivity contribution in [2.24, 2.45) is 0 Å². The summed E-state index contributed by atoms with van der Waals surface area (Å²) >= 11 is 0. The molecule has 2 aromatic carbocycles. The zero-order chi connectivity index (χ0) is 21.3. The van der Waals surface area contributed by atoms with Crippen molar-refractivity contribution in [2.75, 3.05) is 11.9 Å². The van der Waals surface area contributed by atoms with Gasteiger partial charge in [-0.05, 0) is 37.6 Å². The third-order valence-electron chi connectivity index (χ3n) is 4.35. The highest BCUT2D eigenvalue weighted by molar-refractivity contribution is 5.91. The Hall–Kier alpha value is -3.67. The van der Waals surface area contributed by atoms with Gasteiger partial charge in [-0.15, -0.1) is 0 Å². The van der Waals surface area contributed by atoms with Crippen LogP contribution in [0.15, 0.2) is 65.2 Å². The minimum absolute atomic E-state index is 0.125. The number of rotatable bonds is 8. The van der Waals surface area contributed by atoms with E-state index in [1.165, 1.54) is 11.6 Å². The maximum absolute atomic E-state index is 12.2. The first-order chi connectivity index (χ1) is 14.5. The van der Waals surface area contributed by atoms with Gasteiger partial charge in [0.2, 0.25) is 5.91 Å². The van der Waals surface area contributed by atoms with E-state index in [2.05, 4.69) is 10.3 Å². The maximum Gasteiger partial charge on any atom is 0.330 e. The van der Waals surface area contributed by atoms with Crippen LogP contribution in [-0.4, -0.2) is 23.5 Å². The van der Waals surface area contributed by atoms with Gasteiger partial charge >= 0.3 is 5.97 Å². The summed E-state index contributed by atoms with van der Waals surface area (Å²) < 4.78 is 10.6. The number of ether oxygens (including phenoxy) is 1. The number of carbonyl (C=O) groups is 2. The third kappa shape index (κ3) is 6.17. The van der Waals surface area contributed by atoms with Crippen LogP contribution in [0.25, 0.3) is 17.4 Å². The summed E-state index contributed by atoms with van der Waals surface area (Å²) in [6.07, 6.45) is 5.40. The van der Waals surface area contributed by atoms with Gasteiger partial charge in [0.25, 0.3) is 0 Å². The molecule has 0 spiro atoms. The van der Waals surface area contributed by atoms with Crippen molar-refractivity contribution < 1.29 is 18.7 Å². The van der Waals surface area contributed by atoms with Crippen LogP contribution in [0.5, 0.6) is 0 Å². The maximum atomic E-state index is 12.2. The Morgan fingerprint density at radius 3 is 2.53 bits per heavy atom. The molecular weight excluding hydrogens is 380 g/mol. The van der Waals surface area contributed by atoms with Crippen molar-refractivity contribution in [3.8, 4) is 11.3 Å². The summed E-state index contributed by atoms with van der Waals surface area (Å²) in [5, 5.41) is 2.85.